The maximum Gasteiger partial charge on any atom is 0.0957 e. The average molecular weight is 330 g/mol. The van der Waals surface area contributed by atoms with Crippen LogP contribution in [0.4, 0.5) is 0 Å². The van der Waals surface area contributed by atoms with Crippen molar-refractivity contribution in [2.24, 2.45) is 0 Å². The summed E-state index contributed by atoms with van der Waals surface area (Å²) >= 11 is 13.4. The van der Waals surface area contributed by atoms with Crippen molar-refractivity contribution in [3.05, 3.63) is 49.9 Å². The number of nitrogens with zero attached hydrogens (tertiary/aromatic N) is 1. The minimum atomic E-state index is -0.622. The molecule has 1 atom stereocenters. The fourth-order valence-corrected chi connectivity index (χ4v) is 3.12. The van der Waals surface area contributed by atoms with Gasteiger partial charge in [-0.2, -0.15) is 0 Å². The molecule has 2 nitrogen and oxygen atoms in total. The van der Waals surface area contributed by atoms with Crippen LogP contribution in [-0.4, -0.2) is 10.1 Å². The van der Waals surface area contributed by atoms with Gasteiger partial charge in [-0.3, -0.25) is 0 Å². The molecule has 1 unspecified atom stereocenters. The highest BCUT2D eigenvalue weighted by Crippen LogP contribution is 2.29. The van der Waals surface area contributed by atoms with Crippen LogP contribution in [0.25, 0.3) is 0 Å². The second-order valence-corrected chi connectivity index (χ2v) is 7.53. The quantitative estimate of drug-likeness (QED) is 0.857. The van der Waals surface area contributed by atoms with E-state index in [1.54, 1.807) is 29.5 Å². The van der Waals surface area contributed by atoms with Gasteiger partial charge in [0.05, 0.1) is 26.9 Å². The second kappa shape index (κ2) is 6.02. The summed E-state index contributed by atoms with van der Waals surface area (Å²) in [6.45, 7) is 6.38. The Labute approximate surface area is 133 Å². The van der Waals surface area contributed by atoms with Crippen LogP contribution in [0.2, 0.25) is 10.0 Å². The Hall–Kier alpha value is -0.610. The molecular weight excluding hydrogens is 313 g/mol. The zero-order chi connectivity index (χ0) is 14.9. The van der Waals surface area contributed by atoms with E-state index >= 15 is 0 Å². The number of aromatic nitrogens is 1. The zero-order valence-corrected chi connectivity index (χ0v) is 14.0. The molecule has 0 aliphatic heterocycles. The van der Waals surface area contributed by atoms with Gasteiger partial charge in [-0.15, -0.1) is 11.3 Å². The van der Waals surface area contributed by atoms with Crippen LogP contribution in [0.15, 0.2) is 23.6 Å². The number of rotatable bonds is 3. The monoisotopic (exact) mass is 329 g/mol. The highest BCUT2D eigenvalue weighted by Gasteiger charge is 2.19. The van der Waals surface area contributed by atoms with Gasteiger partial charge in [0.2, 0.25) is 0 Å². The molecule has 20 heavy (non-hydrogen) atoms. The molecule has 108 valence electrons. The van der Waals surface area contributed by atoms with Crippen LogP contribution < -0.4 is 0 Å². The van der Waals surface area contributed by atoms with Gasteiger partial charge in [-0.25, -0.2) is 4.98 Å². The molecule has 0 aliphatic rings. The molecule has 0 radical (unpaired) electrons. The Bertz CT molecular complexity index is 604. The number of hydrogen-bond donors (Lipinski definition) is 1. The largest absolute Gasteiger partial charge is 0.388 e. The number of aliphatic hydroxyl groups excluding tert-OH is 1. The Kier molecular flexibility index (Phi) is 4.75. The maximum atomic E-state index is 10.3. The third-order valence-corrected chi connectivity index (χ3v) is 4.63. The van der Waals surface area contributed by atoms with Gasteiger partial charge in [0, 0.05) is 17.2 Å². The van der Waals surface area contributed by atoms with Gasteiger partial charge in [0.1, 0.15) is 0 Å². The SMILES string of the molecule is CC(C)(C)c1csc(CC(O)c2ccc(Cl)c(Cl)c2)n1. The molecule has 5 heteroatoms. The van der Waals surface area contributed by atoms with Crippen LogP contribution >= 0.6 is 34.5 Å². The maximum absolute atomic E-state index is 10.3. The molecular formula is C15H17Cl2NOS. The first-order valence-electron chi connectivity index (χ1n) is 6.35. The van der Waals surface area contributed by atoms with Crippen molar-refractivity contribution in [3.8, 4) is 0 Å². The fraction of sp³-hybridized carbons (Fsp3) is 0.400. The first kappa shape index (κ1) is 15.8. The van der Waals surface area contributed by atoms with Gasteiger partial charge in [0.25, 0.3) is 0 Å². The molecule has 0 aliphatic carbocycles. The van der Waals surface area contributed by atoms with E-state index in [4.69, 9.17) is 23.2 Å². The number of halogens is 2. The third-order valence-electron chi connectivity index (χ3n) is 3.02. The Morgan fingerprint density at radius 1 is 1.25 bits per heavy atom. The molecule has 0 saturated carbocycles. The topological polar surface area (TPSA) is 33.1 Å². The van der Waals surface area contributed by atoms with Crippen molar-refractivity contribution in [2.75, 3.05) is 0 Å². The van der Waals surface area contributed by atoms with Gasteiger partial charge < -0.3 is 5.11 Å². The lowest BCUT2D eigenvalue weighted by atomic mass is 9.93. The predicted octanol–water partition coefficient (Wildman–Crippen LogP) is 5.02. The van der Waals surface area contributed by atoms with Crippen LogP contribution in [0.3, 0.4) is 0 Å². The molecule has 1 N–H and O–H groups in total. The second-order valence-electron chi connectivity index (χ2n) is 5.77. The molecule has 1 aromatic heterocycles. The fourth-order valence-electron chi connectivity index (χ4n) is 1.75. The first-order valence-corrected chi connectivity index (χ1v) is 7.99. The highest BCUT2D eigenvalue weighted by atomic mass is 35.5. The van der Waals surface area contributed by atoms with Gasteiger partial charge in [-0.05, 0) is 17.7 Å². The summed E-state index contributed by atoms with van der Waals surface area (Å²) in [6, 6.07) is 5.19. The zero-order valence-electron chi connectivity index (χ0n) is 11.7. The van der Waals surface area contributed by atoms with Gasteiger partial charge >= 0.3 is 0 Å². The van der Waals surface area contributed by atoms with Crippen LogP contribution in [0.5, 0.6) is 0 Å². The summed E-state index contributed by atoms with van der Waals surface area (Å²) < 4.78 is 0. The van der Waals surface area contributed by atoms with E-state index in [1.807, 2.05) is 0 Å². The van der Waals surface area contributed by atoms with Crippen molar-refractivity contribution >= 4 is 34.5 Å². The Balaban J connectivity index is 2.13. The van der Waals surface area contributed by atoms with E-state index in [2.05, 4.69) is 31.1 Å². The third kappa shape index (κ3) is 3.73. The van der Waals surface area contributed by atoms with Crippen molar-refractivity contribution in [1.82, 2.24) is 4.98 Å². The number of hydrogen-bond acceptors (Lipinski definition) is 3. The predicted molar refractivity (Wildman–Crippen MR) is 85.9 cm³/mol. The van der Waals surface area contributed by atoms with Crippen molar-refractivity contribution in [1.29, 1.82) is 0 Å². The highest BCUT2D eigenvalue weighted by molar-refractivity contribution is 7.09. The van der Waals surface area contributed by atoms with Crippen LogP contribution in [-0.2, 0) is 11.8 Å². The standard InChI is InChI=1S/C15H17Cl2NOS/c1-15(2,3)13-8-20-14(18-13)7-12(19)9-4-5-10(16)11(17)6-9/h4-6,8,12,19H,7H2,1-3H3. The van der Waals surface area contributed by atoms with E-state index in [9.17, 15) is 5.11 Å². The average Bonchev–Trinajstić information content (AvgIpc) is 2.81. The molecule has 0 amide bonds. The molecule has 0 saturated heterocycles. The summed E-state index contributed by atoms with van der Waals surface area (Å²) in [6.07, 6.45) is -0.137. The Morgan fingerprint density at radius 2 is 1.95 bits per heavy atom. The summed E-state index contributed by atoms with van der Waals surface area (Å²) in [4.78, 5) is 4.59. The van der Waals surface area contributed by atoms with Gasteiger partial charge in [-0.1, -0.05) is 50.0 Å². The molecule has 0 spiro atoms. The molecule has 1 heterocycles. The molecule has 0 fully saturated rings. The minimum absolute atomic E-state index is 0.0310. The van der Waals surface area contributed by atoms with Crippen molar-refractivity contribution < 1.29 is 5.11 Å². The number of benzene rings is 1. The van der Waals surface area contributed by atoms with E-state index in [0.717, 1.165) is 16.3 Å². The normalized spacial score (nSPS) is 13.5. The molecule has 1 aromatic carbocycles. The Morgan fingerprint density at radius 3 is 2.50 bits per heavy atom. The first-order chi connectivity index (χ1) is 9.27. The smallest absolute Gasteiger partial charge is 0.0957 e. The summed E-state index contributed by atoms with van der Waals surface area (Å²) in [7, 11) is 0. The van der Waals surface area contributed by atoms with Crippen molar-refractivity contribution in [2.45, 2.75) is 38.7 Å². The number of aliphatic hydroxyl groups is 1. The summed E-state index contributed by atoms with van der Waals surface area (Å²) in [5.74, 6) is 0. The van der Waals surface area contributed by atoms with Crippen molar-refractivity contribution in [3.63, 3.8) is 0 Å². The lowest BCUT2D eigenvalue weighted by Gasteiger charge is -2.14. The lowest BCUT2D eigenvalue weighted by molar-refractivity contribution is 0.178. The van der Waals surface area contributed by atoms with Gasteiger partial charge in [0.15, 0.2) is 0 Å². The molecule has 2 aromatic rings. The van der Waals surface area contributed by atoms with E-state index in [-0.39, 0.29) is 5.41 Å². The molecule has 0 bridgehead atoms. The van der Waals surface area contributed by atoms with E-state index in [0.29, 0.717) is 16.5 Å². The van der Waals surface area contributed by atoms with E-state index < -0.39 is 6.10 Å². The van der Waals surface area contributed by atoms with E-state index in [1.165, 1.54) is 0 Å². The lowest BCUT2D eigenvalue weighted by Crippen LogP contribution is -2.12. The van der Waals surface area contributed by atoms with Crippen LogP contribution in [0, 0.1) is 0 Å². The number of thiazole rings is 1. The minimum Gasteiger partial charge on any atom is -0.388 e. The summed E-state index contributed by atoms with van der Waals surface area (Å²) in [5.41, 5.74) is 1.84. The summed E-state index contributed by atoms with van der Waals surface area (Å²) in [5, 5.41) is 14.2. The molecule has 2 rings (SSSR count). The van der Waals surface area contributed by atoms with Crippen LogP contribution in [0.1, 0.15) is 43.1 Å².